The summed E-state index contributed by atoms with van der Waals surface area (Å²) < 4.78 is 16.0. The highest BCUT2D eigenvalue weighted by Crippen LogP contribution is 2.65. The summed E-state index contributed by atoms with van der Waals surface area (Å²) in [6.45, 7) is -0.576. The number of hydrogen-bond acceptors (Lipinski definition) is 8. The number of ether oxygens (including phenoxy) is 3. The van der Waals surface area contributed by atoms with E-state index in [1.807, 2.05) is 30.3 Å². The second-order valence-electron chi connectivity index (χ2n) is 12.1. The van der Waals surface area contributed by atoms with Crippen molar-refractivity contribution in [2.45, 2.75) is 18.9 Å². The van der Waals surface area contributed by atoms with E-state index in [1.165, 1.54) is 31.4 Å². The van der Waals surface area contributed by atoms with E-state index in [2.05, 4.69) is 12.2 Å². The molecule has 1 saturated heterocycles. The zero-order valence-electron chi connectivity index (χ0n) is 24.5. The van der Waals surface area contributed by atoms with Crippen molar-refractivity contribution in [3.05, 3.63) is 108 Å². The van der Waals surface area contributed by atoms with Crippen LogP contribution in [0.4, 0.5) is 0 Å². The van der Waals surface area contributed by atoms with Gasteiger partial charge in [0.15, 0.2) is 12.4 Å². The number of esters is 2. The Labute approximate surface area is 259 Å². The maximum atomic E-state index is 13.8. The Morgan fingerprint density at radius 3 is 2.11 bits per heavy atom. The molecule has 9 nitrogen and oxygen atoms in total. The molecule has 4 aliphatic carbocycles. The average Bonchev–Trinajstić information content (AvgIpc) is 3.86. The van der Waals surface area contributed by atoms with E-state index < -0.39 is 42.2 Å². The molecule has 0 N–H and O–H groups in total. The highest BCUT2D eigenvalue weighted by Gasteiger charge is 2.68. The van der Waals surface area contributed by atoms with Gasteiger partial charge in [-0.15, -0.1) is 0 Å². The van der Waals surface area contributed by atoms with Gasteiger partial charge in [0.2, 0.25) is 11.8 Å². The summed E-state index contributed by atoms with van der Waals surface area (Å²) in [5.74, 6) is -1.73. The standard InChI is InChI=1S/C36H31NO8/c1-43-24-9-5-8-22(17-24)35(41)45-23-12-10-21(11-13-23)30(38)19-44-36(42)29(16-20-6-3-2-4-7-20)37-33(39)31-25-14-15-26(28-18-27(25)28)32(31)34(37)40/h2-15,17,25-29,31-32H,16,18-19H2,1H3. The topological polar surface area (TPSA) is 116 Å². The van der Waals surface area contributed by atoms with Crippen LogP contribution < -0.4 is 9.47 Å². The summed E-state index contributed by atoms with van der Waals surface area (Å²) in [7, 11) is 1.50. The molecule has 0 aromatic heterocycles. The third-order valence-electron chi connectivity index (χ3n) is 9.59. The maximum Gasteiger partial charge on any atom is 0.343 e. The van der Waals surface area contributed by atoms with Crippen LogP contribution in [0, 0.1) is 35.5 Å². The molecule has 3 fully saturated rings. The molecule has 0 radical (unpaired) electrons. The van der Waals surface area contributed by atoms with Crippen LogP contribution in [0.1, 0.15) is 32.7 Å². The summed E-state index contributed by atoms with van der Waals surface area (Å²) in [6.07, 6.45) is 5.30. The number of likely N-dealkylation sites (tertiary alicyclic amines) is 1. The lowest BCUT2D eigenvalue weighted by Gasteiger charge is -2.37. The van der Waals surface area contributed by atoms with Crippen molar-refractivity contribution in [2.24, 2.45) is 35.5 Å². The second kappa shape index (κ2) is 11.5. The minimum atomic E-state index is -1.18. The predicted molar refractivity (Wildman–Crippen MR) is 160 cm³/mol. The second-order valence-corrected chi connectivity index (χ2v) is 12.1. The fourth-order valence-electron chi connectivity index (χ4n) is 7.35. The smallest absolute Gasteiger partial charge is 0.343 e. The van der Waals surface area contributed by atoms with Crippen molar-refractivity contribution in [3.63, 3.8) is 0 Å². The minimum absolute atomic E-state index is 0.0270. The molecule has 45 heavy (non-hydrogen) atoms. The van der Waals surface area contributed by atoms with Gasteiger partial charge in [-0.3, -0.25) is 19.3 Å². The number of hydrogen-bond donors (Lipinski definition) is 0. The lowest BCUT2D eigenvalue weighted by Crippen LogP contribution is -2.48. The Bertz CT molecular complexity index is 1680. The van der Waals surface area contributed by atoms with E-state index in [1.54, 1.807) is 24.3 Å². The predicted octanol–water partition coefficient (Wildman–Crippen LogP) is 4.30. The number of Topliss-reactive ketones (excluding diaryl/α,β-unsaturated/α-hetero) is 1. The number of benzene rings is 3. The molecule has 2 bridgehead atoms. The molecule has 9 heteroatoms. The average molecular weight is 606 g/mol. The highest BCUT2D eigenvalue weighted by molar-refractivity contribution is 6.09. The zero-order valence-corrected chi connectivity index (χ0v) is 24.5. The molecular formula is C36H31NO8. The van der Waals surface area contributed by atoms with Crippen molar-refractivity contribution < 1.29 is 38.2 Å². The molecular weight excluding hydrogens is 574 g/mol. The van der Waals surface area contributed by atoms with Crippen molar-refractivity contribution >= 4 is 29.5 Å². The van der Waals surface area contributed by atoms with Crippen molar-refractivity contribution in [3.8, 4) is 11.5 Å². The van der Waals surface area contributed by atoms with Gasteiger partial charge in [0.05, 0.1) is 24.5 Å². The van der Waals surface area contributed by atoms with Crippen LogP contribution >= 0.6 is 0 Å². The molecule has 1 heterocycles. The van der Waals surface area contributed by atoms with Gasteiger partial charge < -0.3 is 14.2 Å². The molecule has 5 aliphatic rings. The lowest BCUT2D eigenvalue weighted by atomic mass is 9.63. The van der Waals surface area contributed by atoms with Gasteiger partial charge in [0.25, 0.3) is 0 Å². The largest absolute Gasteiger partial charge is 0.497 e. The Hall–Kier alpha value is -5.05. The first-order chi connectivity index (χ1) is 21.8. The fourth-order valence-corrected chi connectivity index (χ4v) is 7.35. The number of allylic oxidation sites excluding steroid dienone is 2. The zero-order chi connectivity index (χ0) is 31.2. The first-order valence-corrected chi connectivity index (χ1v) is 15.1. The van der Waals surface area contributed by atoms with Gasteiger partial charge in [0, 0.05) is 12.0 Å². The summed E-state index contributed by atoms with van der Waals surface area (Å²) in [6, 6.07) is 20.4. The molecule has 7 atom stereocenters. The molecule has 7 unspecified atom stereocenters. The quantitative estimate of drug-likeness (QED) is 0.110. The van der Waals surface area contributed by atoms with Crippen LogP contribution in [-0.4, -0.2) is 54.2 Å². The molecule has 228 valence electrons. The Kier molecular flexibility index (Phi) is 7.31. The third-order valence-corrected chi connectivity index (χ3v) is 9.59. The molecule has 0 spiro atoms. The van der Waals surface area contributed by atoms with Gasteiger partial charge in [-0.05, 0) is 78.1 Å². The van der Waals surface area contributed by atoms with Crippen molar-refractivity contribution in [1.82, 2.24) is 4.90 Å². The van der Waals surface area contributed by atoms with E-state index in [4.69, 9.17) is 14.2 Å². The maximum absolute atomic E-state index is 13.8. The van der Waals surface area contributed by atoms with Crippen LogP contribution in [0.3, 0.4) is 0 Å². The number of ketones is 1. The normalized spacial score (nSPS) is 26.1. The van der Waals surface area contributed by atoms with E-state index in [0.29, 0.717) is 23.1 Å². The van der Waals surface area contributed by atoms with Gasteiger partial charge in [-0.1, -0.05) is 48.6 Å². The molecule has 1 aliphatic heterocycles. The third kappa shape index (κ3) is 5.22. The first kappa shape index (κ1) is 28.7. The van der Waals surface area contributed by atoms with E-state index in [9.17, 15) is 24.0 Å². The number of amides is 2. The number of carbonyl (C=O) groups is 5. The van der Waals surface area contributed by atoms with Crippen LogP contribution in [0.2, 0.25) is 0 Å². The number of methoxy groups -OCH3 is 1. The Morgan fingerprint density at radius 2 is 1.47 bits per heavy atom. The number of imide groups is 1. The van der Waals surface area contributed by atoms with Crippen molar-refractivity contribution in [2.75, 3.05) is 13.7 Å². The highest BCUT2D eigenvalue weighted by atomic mass is 16.5. The Morgan fingerprint density at radius 1 is 0.800 bits per heavy atom. The molecule has 2 amide bonds. The van der Waals surface area contributed by atoms with E-state index in [0.717, 1.165) is 16.9 Å². The molecule has 2 saturated carbocycles. The summed E-state index contributed by atoms with van der Waals surface area (Å²) in [5.41, 5.74) is 1.32. The minimum Gasteiger partial charge on any atom is -0.497 e. The molecule has 8 rings (SSSR count). The summed E-state index contributed by atoms with van der Waals surface area (Å²) in [5, 5.41) is 0. The summed E-state index contributed by atoms with van der Waals surface area (Å²) in [4.78, 5) is 67.8. The fraction of sp³-hybridized carbons (Fsp3) is 0.306. The van der Waals surface area contributed by atoms with Gasteiger partial charge >= 0.3 is 11.9 Å². The SMILES string of the molecule is COc1cccc(C(=O)Oc2ccc(C(=O)COC(=O)C(Cc3ccccc3)N3C(=O)C4C5C=CC(C6CC56)C4C3=O)cc2)c1. The van der Waals surface area contributed by atoms with Crippen LogP contribution in [0.25, 0.3) is 0 Å². The number of carbonyl (C=O) groups excluding carboxylic acids is 5. The van der Waals surface area contributed by atoms with Crippen LogP contribution in [0.5, 0.6) is 11.5 Å². The lowest BCUT2D eigenvalue weighted by molar-refractivity contribution is -0.158. The van der Waals surface area contributed by atoms with Crippen LogP contribution in [0.15, 0.2) is 91.0 Å². The van der Waals surface area contributed by atoms with Gasteiger partial charge in [-0.25, -0.2) is 9.59 Å². The molecule has 3 aromatic rings. The number of nitrogens with zero attached hydrogens (tertiary/aromatic N) is 1. The van der Waals surface area contributed by atoms with E-state index in [-0.39, 0.29) is 41.4 Å². The van der Waals surface area contributed by atoms with Gasteiger partial charge in [-0.2, -0.15) is 0 Å². The van der Waals surface area contributed by atoms with Gasteiger partial charge in [0.1, 0.15) is 17.5 Å². The van der Waals surface area contributed by atoms with E-state index >= 15 is 0 Å². The number of rotatable bonds is 10. The molecule has 3 aromatic carbocycles. The first-order valence-electron chi connectivity index (χ1n) is 15.1. The van der Waals surface area contributed by atoms with Crippen LogP contribution in [-0.2, 0) is 25.5 Å². The summed E-state index contributed by atoms with van der Waals surface area (Å²) >= 11 is 0. The monoisotopic (exact) mass is 605 g/mol. The Balaban J connectivity index is 1.03. The van der Waals surface area contributed by atoms with Crippen molar-refractivity contribution in [1.29, 1.82) is 0 Å².